The van der Waals surface area contributed by atoms with E-state index in [1.165, 1.54) is 0 Å². The summed E-state index contributed by atoms with van der Waals surface area (Å²) in [7, 11) is 0. The molecule has 17 heavy (non-hydrogen) atoms. The van der Waals surface area contributed by atoms with Crippen LogP contribution in [-0.4, -0.2) is 16.3 Å². The zero-order valence-electron chi connectivity index (χ0n) is 8.94. The van der Waals surface area contributed by atoms with Crippen molar-refractivity contribution in [1.82, 2.24) is 0 Å². The van der Waals surface area contributed by atoms with Crippen LogP contribution in [0.3, 0.4) is 0 Å². The fourth-order valence-electron chi connectivity index (χ4n) is 1.71. The minimum absolute atomic E-state index is 0. The first kappa shape index (κ1) is 15.7. The number of hydrogen-bond donors (Lipinski definition) is 3. The van der Waals surface area contributed by atoms with E-state index in [1.807, 2.05) is 12.1 Å². The quantitative estimate of drug-likeness (QED) is 0.582. The van der Waals surface area contributed by atoms with Gasteiger partial charge in [-0.25, -0.2) is 0 Å². The summed E-state index contributed by atoms with van der Waals surface area (Å²) in [6.07, 6.45) is 1.68. The minimum Gasteiger partial charge on any atom is -0.506 e. The van der Waals surface area contributed by atoms with E-state index in [0.717, 1.165) is 25.5 Å². The lowest BCUT2D eigenvalue weighted by atomic mass is 9.99. The van der Waals surface area contributed by atoms with Crippen molar-refractivity contribution < 1.29 is 10.2 Å². The molecule has 4 N–H and O–H groups in total. The highest BCUT2D eigenvalue weighted by molar-refractivity contribution is 14.1. The van der Waals surface area contributed by atoms with Crippen LogP contribution in [0.2, 0.25) is 0 Å². The monoisotopic (exact) mass is 481 g/mol. The Labute approximate surface area is 134 Å². The molecule has 0 spiro atoms. The fraction of sp³-hybridized carbons (Fsp3) is 0.455. The van der Waals surface area contributed by atoms with E-state index < -0.39 is 6.10 Å². The molecule has 2 atom stereocenters. The molecule has 1 aromatic carbocycles. The number of phenols is 1. The van der Waals surface area contributed by atoms with Crippen molar-refractivity contribution >= 4 is 57.6 Å². The van der Waals surface area contributed by atoms with Crippen molar-refractivity contribution in [1.29, 1.82) is 0 Å². The highest BCUT2D eigenvalue weighted by Gasteiger charge is 2.34. The van der Waals surface area contributed by atoms with Gasteiger partial charge in [0.05, 0.1) is 19.3 Å². The first-order valence-corrected chi connectivity index (χ1v) is 7.28. The van der Waals surface area contributed by atoms with Gasteiger partial charge in [-0.1, -0.05) is 0 Å². The first-order chi connectivity index (χ1) is 7.50. The Morgan fingerprint density at radius 2 is 1.71 bits per heavy atom. The van der Waals surface area contributed by atoms with Gasteiger partial charge in [0.1, 0.15) is 5.75 Å². The maximum atomic E-state index is 9.97. The third-order valence-corrected chi connectivity index (χ3v) is 4.54. The molecule has 3 nitrogen and oxygen atoms in total. The van der Waals surface area contributed by atoms with E-state index in [1.54, 1.807) is 0 Å². The van der Waals surface area contributed by atoms with E-state index in [2.05, 4.69) is 45.2 Å². The molecule has 0 radical (unpaired) electrons. The lowest BCUT2D eigenvalue weighted by molar-refractivity contribution is 0.122. The average molecular weight is 481 g/mol. The Balaban J connectivity index is 0.00000144. The van der Waals surface area contributed by atoms with Crippen molar-refractivity contribution in [3.8, 4) is 5.75 Å². The number of rotatable bonds is 3. The maximum absolute atomic E-state index is 9.97. The van der Waals surface area contributed by atoms with Crippen LogP contribution in [0, 0.1) is 13.1 Å². The molecule has 0 aromatic heterocycles. The highest BCUT2D eigenvalue weighted by atomic mass is 127. The molecule has 0 unspecified atom stereocenters. The molecule has 6 heteroatoms. The van der Waals surface area contributed by atoms with Crippen LogP contribution < -0.4 is 5.73 Å². The molecule has 0 amide bonds. The molecule has 0 bridgehead atoms. The SMILES string of the molecule is Cl.N[C@H](c1cc(I)c(O)c(I)c1)[C@@H](O)C1CC1. The van der Waals surface area contributed by atoms with Gasteiger partial charge in [0, 0.05) is 0 Å². The predicted molar refractivity (Wildman–Crippen MR) is 86.4 cm³/mol. The summed E-state index contributed by atoms with van der Waals surface area (Å²) in [5.74, 6) is 0.650. The van der Waals surface area contributed by atoms with Gasteiger partial charge in [-0.15, -0.1) is 12.4 Å². The molecular formula is C11H14ClI2NO2. The van der Waals surface area contributed by atoms with Gasteiger partial charge < -0.3 is 15.9 Å². The zero-order chi connectivity index (χ0) is 11.9. The van der Waals surface area contributed by atoms with E-state index in [4.69, 9.17) is 5.73 Å². The molecule has 0 aliphatic heterocycles. The maximum Gasteiger partial charge on any atom is 0.142 e. The summed E-state index contributed by atoms with van der Waals surface area (Å²) >= 11 is 4.15. The van der Waals surface area contributed by atoms with Crippen LogP contribution >= 0.6 is 57.6 Å². The number of nitrogens with two attached hydrogens (primary N) is 1. The summed E-state index contributed by atoms with van der Waals surface area (Å²) in [6.45, 7) is 0. The molecule has 1 aromatic rings. The van der Waals surface area contributed by atoms with Crippen molar-refractivity contribution in [2.24, 2.45) is 11.7 Å². The summed E-state index contributed by atoms with van der Waals surface area (Å²) in [5, 5.41) is 19.6. The molecule has 1 aliphatic carbocycles. The van der Waals surface area contributed by atoms with Crippen LogP contribution in [0.1, 0.15) is 24.4 Å². The number of aliphatic hydroxyl groups is 1. The molecule has 96 valence electrons. The topological polar surface area (TPSA) is 66.5 Å². The third-order valence-electron chi connectivity index (χ3n) is 2.90. The van der Waals surface area contributed by atoms with E-state index in [9.17, 15) is 10.2 Å². The Morgan fingerprint density at radius 1 is 1.24 bits per heavy atom. The van der Waals surface area contributed by atoms with Crippen molar-refractivity contribution in [3.05, 3.63) is 24.8 Å². The van der Waals surface area contributed by atoms with Crippen LogP contribution in [0.4, 0.5) is 0 Å². The van der Waals surface area contributed by atoms with Gasteiger partial charge in [0.15, 0.2) is 0 Å². The number of aliphatic hydroxyl groups excluding tert-OH is 1. The van der Waals surface area contributed by atoms with Crippen molar-refractivity contribution in [3.63, 3.8) is 0 Å². The molecule has 0 saturated heterocycles. The van der Waals surface area contributed by atoms with E-state index in [-0.39, 0.29) is 24.2 Å². The number of hydrogen-bond acceptors (Lipinski definition) is 3. The Hall–Kier alpha value is 0.690. The molecule has 1 fully saturated rings. The lowest BCUT2D eigenvalue weighted by Gasteiger charge is -2.19. The Kier molecular flexibility index (Phi) is 5.77. The molecular weight excluding hydrogens is 467 g/mol. The van der Waals surface area contributed by atoms with Gasteiger partial charge in [-0.2, -0.15) is 0 Å². The van der Waals surface area contributed by atoms with Gasteiger partial charge in [0.2, 0.25) is 0 Å². The van der Waals surface area contributed by atoms with Gasteiger partial charge >= 0.3 is 0 Å². The Morgan fingerprint density at radius 3 is 2.12 bits per heavy atom. The van der Waals surface area contributed by atoms with Crippen molar-refractivity contribution in [2.45, 2.75) is 25.0 Å². The number of phenolic OH excluding ortho intramolecular Hbond substituents is 1. The van der Waals surface area contributed by atoms with Crippen molar-refractivity contribution in [2.75, 3.05) is 0 Å². The van der Waals surface area contributed by atoms with E-state index >= 15 is 0 Å². The number of benzene rings is 1. The normalized spacial score (nSPS) is 18.4. The summed E-state index contributed by atoms with van der Waals surface area (Å²) in [6, 6.07) is 3.33. The van der Waals surface area contributed by atoms with Crippen LogP contribution in [0.25, 0.3) is 0 Å². The molecule has 1 aliphatic rings. The second-order valence-electron chi connectivity index (χ2n) is 4.19. The summed E-state index contributed by atoms with van der Waals surface area (Å²) in [4.78, 5) is 0. The van der Waals surface area contributed by atoms with E-state index in [0.29, 0.717) is 5.92 Å². The predicted octanol–water partition coefficient (Wildman–Crippen LogP) is 2.79. The van der Waals surface area contributed by atoms with Crippen LogP contribution in [0.15, 0.2) is 12.1 Å². The van der Waals surface area contributed by atoms with Gasteiger partial charge in [0.25, 0.3) is 0 Å². The van der Waals surface area contributed by atoms with Gasteiger partial charge in [-0.05, 0) is 81.6 Å². The molecule has 1 saturated carbocycles. The summed E-state index contributed by atoms with van der Waals surface area (Å²) < 4.78 is 1.55. The molecule has 2 rings (SSSR count). The standard InChI is InChI=1S/C11H13I2NO2.ClH/c12-7-3-6(4-8(13)11(7)16)9(14)10(15)5-1-2-5;/h3-5,9-10,15-16H,1-2,14H2;1H/t9-,10+;/m1./s1. The Bertz CT molecular complexity index is 389. The minimum atomic E-state index is -0.462. The second-order valence-corrected chi connectivity index (χ2v) is 6.51. The third kappa shape index (κ3) is 3.59. The van der Waals surface area contributed by atoms with Crippen LogP contribution in [-0.2, 0) is 0 Å². The lowest BCUT2D eigenvalue weighted by Crippen LogP contribution is -2.28. The largest absolute Gasteiger partial charge is 0.506 e. The summed E-state index contributed by atoms with van der Waals surface area (Å²) in [5.41, 5.74) is 6.92. The number of aromatic hydroxyl groups is 1. The smallest absolute Gasteiger partial charge is 0.142 e. The van der Waals surface area contributed by atoms with Crippen LogP contribution in [0.5, 0.6) is 5.75 Å². The average Bonchev–Trinajstić information content (AvgIpc) is 3.06. The first-order valence-electron chi connectivity index (χ1n) is 5.12. The highest BCUT2D eigenvalue weighted by Crippen LogP contribution is 2.38. The fourth-order valence-corrected chi connectivity index (χ4v) is 3.52. The second kappa shape index (κ2) is 6.23. The molecule has 0 heterocycles. The van der Waals surface area contributed by atoms with Gasteiger partial charge in [-0.3, -0.25) is 0 Å². The zero-order valence-corrected chi connectivity index (χ0v) is 14.1. The number of halogens is 3.